The van der Waals surface area contributed by atoms with Crippen molar-refractivity contribution in [1.82, 2.24) is 0 Å². The molecule has 0 nitrogen and oxygen atoms in total. The zero-order chi connectivity index (χ0) is 13.8. The zero-order valence-corrected chi connectivity index (χ0v) is 13.8. The Morgan fingerprint density at radius 3 is 1.41 bits per heavy atom. The van der Waals surface area contributed by atoms with Crippen LogP contribution in [0.15, 0.2) is 0 Å². The van der Waals surface area contributed by atoms with E-state index in [1.807, 2.05) is 0 Å². The fourth-order valence-corrected chi connectivity index (χ4v) is 3.67. The minimum Gasteiger partial charge on any atom is -0.0651 e. The molecule has 0 N–H and O–H groups in total. The second-order valence-electron chi connectivity index (χ2n) is 6.93. The highest BCUT2D eigenvalue weighted by molar-refractivity contribution is 4.90. The molecule has 0 saturated heterocycles. The van der Waals surface area contributed by atoms with Crippen molar-refractivity contribution in [1.29, 1.82) is 0 Å². The molecule has 0 aliphatic rings. The summed E-state index contributed by atoms with van der Waals surface area (Å²) in [4.78, 5) is 0. The van der Waals surface area contributed by atoms with Crippen LogP contribution in [-0.4, -0.2) is 0 Å². The molecule has 0 rings (SSSR count). The van der Waals surface area contributed by atoms with Crippen LogP contribution in [0.4, 0.5) is 0 Å². The molecule has 0 heteroatoms. The van der Waals surface area contributed by atoms with E-state index in [0.29, 0.717) is 5.41 Å². The minimum atomic E-state index is 0.470. The summed E-state index contributed by atoms with van der Waals surface area (Å²) in [6.07, 6.45) is 2.63. The van der Waals surface area contributed by atoms with Crippen LogP contribution in [0.1, 0.15) is 75.2 Å². The van der Waals surface area contributed by atoms with Gasteiger partial charge in [0.1, 0.15) is 0 Å². The van der Waals surface area contributed by atoms with Crippen molar-refractivity contribution in [3.8, 4) is 0 Å². The van der Waals surface area contributed by atoms with E-state index in [9.17, 15) is 0 Å². The van der Waals surface area contributed by atoms with E-state index in [2.05, 4.69) is 62.3 Å². The molecule has 0 saturated carbocycles. The van der Waals surface area contributed by atoms with E-state index in [0.717, 1.165) is 29.6 Å². The SMILES string of the molecule is CCC(C)C(C)C(CC)C(C)(C(C)C)C(C)C. The van der Waals surface area contributed by atoms with Crippen LogP contribution in [-0.2, 0) is 0 Å². The predicted molar refractivity (Wildman–Crippen MR) is 80.2 cm³/mol. The van der Waals surface area contributed by atoms with Gasteiger partial charge < -0.3 is 0 Å². The molecule has 0 aromatic rings. The lowest BCUT2D eigenvalue weighted by Crippen LogP contribution is -2.42. The predicted octanol–water partition coefficient (Wildman–Crippen LogP) is 6.01. The topological polar surface area (TPSA) is 0 Å². The van der Waals surface area contributed by atoms with Crippen LogP contribution in [0.3, 0.4) is 0 Å². The molecular formula is C17H36. The van der Waals surface area contributed by atoms with Crippen molar-refractivity contribution in [3.05, 3.63) is 0 Å². The Morgan fingerprint density at radius 1 is 0.765 bits per heavy atom. The third-order valence-electron chi connectivity index (χ3n) is 5.90. The lowest BCUT2D eigenvalue weighted by Gasteiger charge is -2.48. The maximum absolute atomic E-state index is 2.52. The van der Waals surface area contributed by atoms with Crippen molar-refractivity contribution in [2.24, 2.45) is 35.0 Å². The molecule has 0 spiro atoms. The second kappa shape index (κ2) is 6.81. The molecule has 0 amide bonds. The molecule has 3 atom stereocenters. The average Bonchev–Trinajstić information content (AvgIpc) is 2.27. The van der Waals surface area contributed by atoms with E-state index in [1.165, 1.54) is 12.8 Å². The Hall–Kier alpha value is 0. The first-order valence-corrected chi connectivity index (χ1v) is 7.73. The molecule has 0 aromatic carbocycles. The standard InChI is InChI=1S/C17H36/c1-10-14(7)15(8)16(11-2)17(9,12(3)4)13(5)6/h12-16H,10-11H2,1-9H3. The Balaban J connectivity index is 5.18. The molecule has 3 unspecified atom stereocenters. The summed E-state index contributed by atoms with van der Waals surface area (Å²) in [5.41, 5.74) is 0.470. The fraction of sp³-hybridized carbons (Fsp3) is 1.00. The highest BCUT2D eigenvalue weighted by Crippen LogP contribution is 2.49. The van der Waals surface area contributed by atoms with Gasteiger partial charge in [0.25, 0.3) is 0 Å². The van der Waals surface area contributed by atoms with Gasteiger partial charge in [-0.3, -0.25) is 0 Å². The van der Waals surface area contributed by atoms with Crippen LogP contribution in [0.2, 0.25) is 0 Å². The molecule has 104 valence electrons. The molecule has 0 radical (unpaired) electrons. The second-order valence-corrected chi connectivity index (χ2v) is 6.93. The van der Waals surface area contributed by atoms with E-state index >= 15 is 0 Å². The number of rotatable bonds is 7. The lowest BCUT2D eigenvalue weighted by atomic mass is 9.57. The fourth-order valence-electron chi connectivity index (χ4n) is 3.67. The normalized spacial score (nSPS) is 18.5. The van der Waals surface area contributed by atoms with Gasteiger partial charge in [-0.15, -0.1) is 0 Å². The summed E-state index contributed by atoms with van der Waals surface area (Å²) < 4.78 is 0. The van der Waals surface area contributed by atoms with Crippen molar-refractivity contribution in [2.75, 3.05) is 0 Å². The Morgan fingerprint density at radius 2 is 1.18 bits per heavy atom. The van der Waals surface area contributed by atoms with Gasteiger partial charge in [0.05, 0.1) is 0 Å². The average molecular weight is 240 g/mol. The molecule has 0 fully saturated rings. The maximum Gasteiger partial charge on any atom is -0.0249 e. The smallest absolute Gasteiger partial charge is 0.0249 e. The third kappa shape index (κ3) is 3.48. The first-order chi connectivity index (χ1) is 7.73. The van der Waals surface area contributed by atoms with Gasteiger partial charge in [-0.05, 0) is 35.0 Å². The van der Waals surface area contributed by atoms with Crippen molar-refractivity contribution in [3.63, 3.8) is 0 Å². The molecule has 17 heavy (non-hydrogen) atoms. The molecule has 0 heterocycles. The first-order valence-electron chi connectivity index (χ1n) is 7.73. The van der Waals surface area contributed by atoms with Crippen LogP contribution in [0, 0.1) is 35.0 Å². The van der Waals surface area contributed by atoms with Gasteiger partial charge in [-0.2, -0.15) is 0 Å². The quantitative estimate of drug-likeness (QED) is 0.511. The van der Waals surface area contributed by atoms with Gasteiger partial charge in [0.2, 0.25) is 0 Å². The van der Waals surface area contributed by atoms with E-state index < -0.39 is 0 Å². The van der Waals surface area contributed by atoms with Crippen molar-refractivity contribution in [2.45, 2.75) is 75.2 Å². The first kappa shape index (κ1) is 17.0. The molecule has 0 aliphatic carbocycles. The summed E-state index contributed by atoms with van der Waals surface area (Å²) >= 11 is 0. The van der Waals surface area contributed by atoms with E-state index in [4.69, 9.17) is 0 Å². The third-order valence-corrected chi connectivity index (χ3v) is 5.90. The number of hydrogen-bond donors (Lipinski definition) is 0. The van der Waals surface area contributed by atoms with Crippen LogP contribution in [0.25, 0.3) is 0 Å². The van der Waals surface area contributed by atoms with Crippen molar-refractivity contribution < 1.29 is 0 Å². The maximum atomic E-state index is 2.52. The summed E-state index contributed by atoms with van der Waals surface area (Å²) in [6.45, 7) is 21.8. The lowest BCUT2D eigenvalue weighted by molar-refractivity contribution is 0.00211. The van der Waals surface area contributed by atoms with Crippen LogP contribution >= 0.6 is 0 Å². The van der Waals surface area contributed by atoms with Crippen LogP contribution in [0.5, 0.6) is 0 Å². The molecule has 0 aliphatic heterocycles. The van der Waals surface area contributed by atoms with Gasteiger partial charge >= 0.3 is 0 Å². The van der Waals surface area contributed by atoms with Gasteiger partial charge in [-0.1, -0.05) is 75.2 Å². The zero-order valence-electron chi connectivity index (χ0n) is 13.8. The summed E-state index contributed by atoms with van der Waals surface area (Å²) in [7, 11) is 0. The molecule has 0 bridgehead atoms. The minimum absolute atomic E-state index is 0.470. The monoisotopic (exact) mass is 240 g/mol. The Labute approximate surface area is 111 Å². The van der Waals surface area contributed by atoms with Crippen LogP contribution < -0.4 is 0 Å². The molecular weight excluding hydrogens is 204 g/mol. The van der Waals surface area contributed by atoms with Gasteiger partial charge in [0, 0.05) is 0 Å². The highest BCUT2D eigenvalue weighted by Gasteiger charge is 2.42. The number of hydrogen-bond acceptors (Lipinski definition) is 0. The summed E-state index contributed by atoms with van der Waals surface area (Å²) in [6, 6.07) is 0. The van der Waals surface area contributed by atoms with E-state index in [-0.39, 0.29) is 0 Å². The largest absolute Gasteiger partial charge is 0.0651 e. The summed E-state index contributed by atoms with van der Waals surface area (Å²) in [5.74, 6) is 4.05. The Kier molecular flexibility index (Phi) is 6.81. The Bertz CT molecular complexity index is 194. The highest BCUT2D eigenvalue weighted by atomic mass is 14.5. The molecule has 0 aromatic heterocycles. The summed E-state index contributed by atoms with van der Waals surface area (Å²) in [5, 5.41) is 0. The van der Waals surface area contributed by atoms with E-state index in [1.54, 1.807) is 0 Å². The van der Waals surface area contributed by atoms with Crippen molar-refractivity contribution >= 4 is 0 Å². The van der Waals surface area contributed by atoms with Gasteiger partial charge in [-0.25, -0.2) is 0 Å². The van der Waals surface area contributed by atoms with Gasteiger partial charge in [0.15, 0.2) is 0 Å².